The van der Waals surface area contributed by atoms with Crippen LogP contribution in [-0.2, 0) is 27.4 Å². The van der Waals surface area contributed by atoms with E-state index >= 15 is 0 Å². The molecule has 0 bridgehead atoms. The molecule has 29 heavy (non-hydrogen) atoms. The smallest absolute Gasteiger partial charge is 0.410 e. The number of carboxylic acids is 1. The first kappa shape index (κ1) is 20.4. The van der Waals surface area contributed by atoms with Crippen molar-refractivity contribution in [3.63, 3.8) is 0 Å². The second-order valence-corrected chi connectivity index (χ2v) is 6.98. The molecule has 2 aromatic rings. The summed E-state index contributed by atoms with van der Waals surface area (Å²) in [5.74, 6) is -1.45. The van der Waals surface area contributed by atoms with Gasteiger partial charge in [-0.25, -0.2) is 9.59 Å². The minimum Gasteiger partial charge on any atom is -0.480 e. The molecule has 2 amide bonds. The lowest BCUT2D eigenvalue weighted by Crippen LogP contribution is -2.61. The van der Waals surface area contributed by atoms with Crippen LogP contribution in [0.4, 0.5) is 4.79 Å². The maximum absolute atomic E-state index is 12.9. The molecule has 2 aromatic carbocycles. The number of rotatable bonds is 6. The summed E-state index contributed by atoms with van der Waals surface area (Å²) in [4.78, 5) is 39.8. The molecule has 0 radical (unpaired) electrons. The number of carbonyl (C=O) groups excluding carboxylic acids is 2. The second kappa shape index (κ2) is 9.23. The van der Waals surface area contributed by atoms with Gasteiger partial charge in [-0.15, -0.1) is 0 Å². The topological polar surface area (TPSA) is 87.2 Å². The number of hydrogen-bond donors (Lipinski definition) is 1. The van der Waals surface area contributed by atoms with E-state index in [4.69, 9.17) is 4.74 Å². The average Bonchev–Trinajstić information content (AvgIpc) is 2.74. The van der Waals surface area contributed by atoms with Crippen LogP contribution in [0.3, 0.4) is 0 Å². The van der Waals surface area contributed by atoms with Crippen LogP contribution in [0.25, 0.3) is 0 Å². The van der Waals surface area contributed by atoms with Crippen molar-refractivity contribution in [2.24, 2.45) is 0 Å². The summed E-state index contributed by atoms with van der Waals surface area (Å²) in [5.41, 5.74) is 1.69. The van der Waals surface area contributed by atoms with Gasteiger partial charge in [0.05, 0.1) is 0 Å². The van der Waals surface area contributed by atoms with E-state index in [0.717, 1.165) is 11.1 Å². The molecule has 0 aliphatic carbocycles. The van der Waals surface area contributed by atoms with Crippen LogP contribution >= 0.6 is 0 Å². The number of hydrogen-bond acceptors (Lipinski definition) is 4. The third-order valence-electron chi connectivity index (χ3n) is 5.06. The highest BCUT2D eigenvalue weighted by Gasteiger charge is 2.40. The van der Waals surface area contributed by atoms with Gasteiger partial charge in [0.15, 0.2) is 0 Å². The molecule has 1 N–H and O–H groups in total. The molecule has 0 spiro atoms. The van der Waals surface area contributed by atoms with Crippen LogP contribution in [0.15, 0.2) is 60.7 Å². The molecule has 1 saturated heterocycles. The summed E-state index contributed by atoms with van der Waals surface area (Å²) in [5, 5.41) is 9.68. The molecule has 0 saturated carbocycles. The Kier molecular flexibility index (Phi) is 6.49. The number of piperazine rings is 1. The summed E-state index contributed by atoms with van der Waals surface area (Å²) >= 11 is 0. The Labute approximate surface area is 169 Å². The summed E-state index contributed by atoms with van der Waals surface area (Å²) in [6.45, 7) is 2.08. The van der Waals surface area contributed by atoms with Gasteiger partial charge in [-0.1, -0.05) is 60.7 Å². The Morgan fingerprint density at radius 2 is 1.62 bits per heavy atom. The van der Waals surface area contributed by atoms with Crippen LogP contribution in [0.5, 0.6) is 0 Å². The standard InChI is InChI=1S/C22H24N2O5/c1-16-20(25)24(19(21(26)27)14-17-8-4-2-5-9-17)13-12-23(16)22(28)29-15-18-10-6-3-7-11-18/h2-11,16,19H,12-15H2,1H3,(H,26,27)/t16-,19-/m1/s1. The van der Waals surface area contributed by atoms with Gasteiger partial charge in [-0.2, -0.15) is 0 Å². The lowest BCUT2D eigenvalue weighted by molar-refractivity contribution is -0.155. The predicted octanol–water partition coefficient (Wildman–Crippen LogP) is 2.55. The minimum absolute atomic E-state index is 0.118. The van der Waals surface area contributed by atoms with E-state index in [1.807, 2.05) is 60.7 Å². The first-order chi connectivity index (χ1) is 14.0. The van der Waals surface area contributed by atoms with E-state index in [9.17, 15) is 19.5 Å². The number of carbonyl (C=O) groups is 3. The first-order valence-corrected chi connectivity index (χ1v) is 9.52. The van der Waals surface area contributed by atoms with Gasteiger partial charge in [-0.05, 0) is 18.1 Å². The molecule has 0 unspecified atom stereocenters. The number of nitrogens with zero attached hydrogens (tertiary/aromatic N) is 2. The van der Waals surface area contributed by atoms with Crippen LogP contribution in [-0.4, -0.2) is 58.0 Å². The number of benzene rings is 2. The van der Waals surface area contributed by atoms with E-state index in [0.29, 0.717) is 0 Å². The fourth-order valence-corrected chi connectivity index (χ4v) is 3.42. The van der Waals surface area contributed by atoms with Gasteiger partial charge in [0.2, 0.25) is 5.91 Å². The molecule has 2 atom stereocenters. The fraction of sp³-hybridized carbons (Fsp3) is 0.318. The van der Waals surface area contributed by atoms with E-state index in [-0.39, 0.29) is 26.1 Å². The lowest BCUT2D eigenvalue weighted by atomic mass is 10.0. The van der Waals surface area contributed by atoms with Crippen LogP contribution in [0.2, 0.25) is 0 Å². The van der Waals surface area contributed by atoms with E-state index in [1.54, 1.807) is 6.92 Å². The van der Waals surface area contributed by atoms with E-state index in [1.165, 1.54) is 9.80 Å². The molecule has 152 valence electrons. The summed E-state index contributed by atoms with van der Waals surface area (Å²) in [7, 11) is 0. The molecule has 1 aliphatic heterocycles. The van der Waals surface area contributed by atoms with Crippen molar-refractivity contribution in [3.05, 3.63) is 71.8 Å². The third-order valence-corrected chi connectivity index (χ3v) is 5.06. The van der Waals surface area contributed by atoms with Gasteiger partial charge >= 0.3 is 12.1 Å². The van der Waals surface area contributed by atoms with E-state index < -0.39 is 30.1 Å². The normalized spacial score (nSPS) is 17.7. The van der Waals surface area contributed by atoms with Crippen molar-refractivity contribution in [2.45, 2.75) is 32.0 Å². The average molecular weight is 396 g/mol. The van der Waals surface area contributed by atoms with Gasteiger partial charge in [0.25, 0.3) is 0 Å². The number of amides is 2. The number of aliphatic carboxylic acids is 1. The highest BCUT2D eigenvalue weighted by atomic mass is 16.6. The number of ether oxygens (including phenoxy) is 1. The Morgan fingerprint density at radius 1 is 1.03 bits per heavy atom. The Morgan fingerprint density at radius 3 is 2.21 bits per heavy atom. The lowest BCUT2D eigenvalue weighted by Gasteiger charge is -2.40. The van der Waals surface area contributed by atoms with Crippen molar-refractivity contribution in [1.82, 2.24) is 9.80 Å². The molecule has 1 heterocycles. The SMILES string of the molecule is C[C@@H]1C(=O)N([C@H](Cc2ccccc2)C(=O)O)CCN1C(=O)OCc1ccccc1. The third kappa shape index (κ3) is 4.93. The molecule has 0 aromatic heterocycles. The predicted molar refractivity (Wildman–Crippen MR) is 106 cm³/mol. The maximum Gasteiger partial charge on any atom is 0.410 e. The monoisotopic (exact) mass is 396 g/mol. The molecule has 7 heteroatoms. The minimum atomic E-state index is -1.06. The van der Waals surface area contributed by atoms with Crippen molar-refractivity contribution in [2.75, 3.05) is 13.1 Å². The quantitative estimate of drug-likeness (QED) is 0.811. The summed E-state index contributed by atoms with van der Waals surface area (Å²) in [6.07, 6.45) is -0.364. The van der Waals surface area contributed by atoms with Crippen LogP contribution < -0.4 is 0 Å². The van der Waals surface area contributed by atoms with Crippen molar-refractivity contribution < 1.29 is 24.2 Å². The second-order valence-electron chi connectivity index (χ2n) is 6.98. The zero-order valence-corrected chi connectivity index (χ0v) is 16.2. The Balaban J connectivity index is 1.64. The van der Waals surface area contributed by atoms with E-state index in [2.05, 4.69) is 0 Å². The van der Waals surface area contributed by atoms with Gasteiger partial charge in [0.1, 0.15) is 18.7 Å². The van der Waals surface area contributed by atoms with Gasteiger partial charge in [0, 0.05) is 19.5 Å². The molecule has 7 nitrogen and oxygen atoms in total. The van der Waals surface area contributed by atoms with Crippen molar-refractivity contribution in [3.8, 4) is 0 Å². The highest BCUT2D eigenvalue weighted by Crippen LogP contribution is 2.19. The largest absolute Gasteiger partial charge is 0.480 e. The Bertz CT molecular complexity index is 856. The maximum atomic E-state index is 12.9. The molecule has 1 aliphatic rings. The fourth-order valence-electron chi connectivity index (χ4n) is 3.42. The van der Waals surface area contributed by atoms with Gasteiger partial charge in [-0.3, -0.25) is 9.69 Å². The van der Waals surface area contributed by atoms with Gasteiger partial charge < -0.3 is 14.7 Å². The first-order valence-electron chi connectivity index (χ1n) is 9.52. The molecule has 3 rings (SSSR count). The van der Waals surface area contributed by atoms with Crippen molar-refractivity contribution >= 4 is 18.0 Å². The van der Waals surface area contributed by atoms with Crippen molar-refractivity contribution in [1.29, 1.82) is 0 Å². The van der Waals surface area contributed by atoms with Crippen LogP contribution in [0, 0.1) is 0 Å². The zero-order chi connectivity index (χ0) is 20.8. The molecular formula is C22H24N2O5. The summed E-state index contributed by atoms with van der Waals surface area (Å²) < 4.78 is 5.33. The molecule has 1 fully saturated rings. The molecular weight excluding hydrogens is 372 g/mol. The highest BCUT2D eigenvalue weighted by molar-refractivity contribution is 5.90. The summed E-state index contributed by atoms with van der Waals surface area (Å²) in [6, 6.07) is 16.7. The number of carboxylic acid groups (broad SMARTS) is 1. The Hall–Kier alpha value is -3.35. The van der Waals surface area contributed by atoms with Crippen LogP contribution in [0.1, 0.15) is 18.1 Å². The zero-order valence-electron chi connectivity index (χ0n) is 16.2.